The number of aromatic nitrogens is 3. The molecule has 2 heterocycles. The van der Waals surface area contributed by atoms with Crippen molar-refractivity contribution in [1.29, 1.82) is 0 Å². The fraction of sp³-hybridized carbons (Fsp3) is 0.417. The molecule has 0 unspecified atom stereocenters. The van der Waals surface area contributed by atoms with Gasteiger partial charge in [0, 0.05) is 6.42 Å². The summed E-state index contributed by atoms with van der Waals surface area (Å²) >= 11 is 1.53. The predicted molar refractivity (Wildman–Crippen MR) is 70.0 cm³/mol. The van der Waals surface area contributed by atoms with Gasteiger partial charge in [0.05, 0.1) is 11.5 Å². The maximum absolute atomic E-state index is 12.0. The number of rotatable bonds is 5. The van der Waals surface area contributed by atoms with Gasteiger partial charge >= 0.3 is 6.01 Å². The molecule has 0 aliphatic rings. The van der Waals surface area contributed by atoms with Gasteiger partial charge in [-0.25, -0.2) is 0 Å². The van der Waals surface area contributed by atoms with Crippen LogP contribution in [0.25, 0.3) is 10.7 Å². The van der Waals surface area contributed by atoms with Crippen molar-refractivity contribution >= 4 is 17.2 Å². The van der Waals surface area contributed by atoms with Gasteiger partial charge in [0.25, 0.3) is 0 Å². The molecular formula is C12H15N3O2S. The lowest BCUT2D eigenvalue weighted by Crippen LogP contribution is -2.13. The first-order chi connectivity index (χ1) is 8.76. The molecule has 0 radical (unpaired) electrons. The van der Waals surface area contributed by atoms with Crippen molar-refractivity contribution in [2.24, 2.45) is 0 Å². The van der Waals surface area contributed by atoms with E-state index in [0.717, 1.165) is 11.3 Å². The summed E-state index contributed by atoms with van der Waals surface area (Å²) in [6.07, 6.45) is 1.24. The molecule has 0 atom stereocenters. The minimum atomic E-state index is -0.0562. The molecule has 0 spiro atoms. The van der Waals surface area contributed by atoms with Crippen LogP contribution in [0, 0.1) is 0 Å². The van der Waals surface area contributed by atoms with Crippen LogP contribution in [-0.4, -0.2) is 27.3 Å². The molecule has 0 amide bonds. The number of nitrogens with zero attached hydrogens (tertiary/aromatic N) is 3. The SMILES string of the molecule is CCCC(=O)n1nc(OCC)nc1-c1cccs1. The summed E-state index contributed by atoms with van der Waals surface area (Å²) in [7, 11) is 0. The smallest absolute Gasteiger partial charge is 0.336 e. The summed E-state index contributed by atoms with van der Waals surface area (Å²) in [6, 6.07) is 4.09. The Morgan fingerprint density at radius 1 is 1.50 bits per heavy atom. The van der Waals surface area contributed by atoms with Crippen LogP contribution in [0.5, 0.6) is 6.01 Å². The highest BCUT2D eigenvalue weighted by atomic mass is 32.1. The number of hydrogen-bond donors (Lipinski definition) is 0. The van der Waals surface area contributed by atoms with Crippen molar-refractivity contribution in [3.8, 4) is 16.7 Å². The molecule has 2 aromatic rings. The van der Waals surface area contributed by atoms with Crippen molar-refractivity contribution < 1.29 is 9.53 Å². The van der Waals surface area contributed by atoms with Gasteiger partial charge in [0.1, 0.15) is 0 Å². The van der Waals surface area contributed by atoms with Crippen LogP contribution in [0.15, 0.2) is 17.5 Å². The average Bonchev–Trinajstić information content (AvgIpc) is 2.97. The Balaban J connectivity index is 2.39. The molecule has 0 N–H and O–H groups in total. The molecule has 2 aromatic heterocycles. The molecule has 96 valence electrons. The van der Waals surface area contributed by atoms with E-state index >= 15 is 0 Å². The van der Waals surface area contributed by atoms with E-state index in [9.17, 15) is 4.79 Å². The zero-order valence-electron chi connectivity index (χ0n) is 10.4. The number of carbonyl (C=O) groups is 1. The van der Waals surface area contributed by atoms with Crippen LogP contribution in [0.3, 0.4) is 0 Å². The van der Waals surface area contributed by atoms with E-state index in [1.165, 1.54) is 16.0 Å². The first-order valence-corrected chi connectivity index (χ1v) is 6.81. The highest BCUT2D eigenvalue weighted by molar-refractivity contribution is 7.13. The Morgan fingerprint density at radius 3 is 2.94 bits per heavy atom. The Labute approximate surface area is 109 Å². The Hall–Kier alpha value is -1.69. The largest absolute Gasteiger partial charge is 0.463 e. The quantitative estimate of drug-likeness (QED) is 0.834. The highest BCUT2D eigenvalue weighted by Crippen LogP contribution is 2.25. The minimum absolute atomic E-state index is 0.0562. The van der Waals surface area contributed by atoms with E-state index in [2.05, 4.69) is 10.1 Å². The lowest BCUT2D eigenvalue weighted by Gasteiger charge is -2.00. The fourth-order valence-electron chi connectivity index (χ4n) is 1.54. The van der Waals surface area contributed by atoms with Crippen LogP contribution >= 0.6 is 11.3 Å². The summed E-state index contributed by atoms with van der Waals surface area (Å²) in [5, 5.41) is 6.06. The van der Waals surface area contributed by atoms with Gasteiger partial charge in [-0.3, -0.25) is 4.79 Å². The molecule has 0 fully saturated rings. The van der Waals surface area contributed by atoms with E-state index in [1.54, 1.807) is 0 Å². The fourth-order valence-corrected chi connectivity index (χ4v) is 2.24. The Kier molecular flexibility index (Phi) is 4.09. The summed E-state index contributed by atoms with van der Waals surface area (Å²) in [4.78, 5) is 17.2. The lowest BCUT2D eigenvalue weighted by atomic mass is 10.3. The van der Waals surface area contributed by atoms with Crippen LogP contribution in [0.2, 0.25) is 0 Å². The molecular weight excluding hydrogens is 250 g/mol. The van der Waals surface area contributed by atoms with Gasteiger partial charge in [-0.05, 0) is 24.8 Å². The zero-order chi connectivity index (χ0) is 13.0. The van der Waals surface area contributed by atoms with Crippen molar-refractivity contribution in [3.05, 3.63) is 17.5 Å². The first-order valence-electron chi connectivity index (χ1n) is 5.93. The molecule has 18 heavy (non-hydrogen) atoms. The van der Waals surface area contributed by atoms with Crippen LogP contribution in [0.4, 0.5) is 0 Å². The molecule has 6 heteroatoms. The van der Waals surface area contributed by atoms with Gasteiger partial charge in [0.2, 0.25) is 5.91 Å². The molecule has 0 aromatic carbocycles. The number of hydrogen-bond acceptors (Lipinski definition) is 5. The predicted octanol–water partition coefficient (Wildman–Crippen LogP) is 2.85. The number of thiophene rings is 1. The zero-order valence-corrected chi connectivity index (χ0v) is 11.2. The Morgan fingerprint density at radius 2 is 2.33 bits per heavy atom. The molecule has 0 saturated heterocycles. The maximum Gasteiger partial charge on any atom is 0.336 e. The van der Waals surface area contributed by atoms with Crippen LogP contribution in [-0.2, 0) is 0 Å². The van der Waals surface area contributed by atoms with E-state index < -0.39 is 0 Å². The van der Waals surface area contributed by atoms with Crippen molar-refractivity contribution in [1.82, 2.24) is 14.8 Å². The lowest BCUT2D eigenvalue weighted by molar-refractivity contribution is 0.0886. The van der Waals surface area contributed by atoms with Crippen molar-refractivity contribution in [2.45, 2.75) is 26.7 Å². The summed E-state index contributed by atoms with van der Waals surface area (Å²) in [5.74, 6) is 0.506. The third-order valence-electron chi connectivity index (χ3n) is 2.30. The summed E-state index contributed by atoms with van der Waals surface area (Å²) in [6.45, 7) is 4.30. The third-order valence-corrected chi connectivity index (χ3v) is 3.17. The minimum Gasteiger partial charge on any atom is -0.463 e. The molecule has 0 saturated carbocycles. The van der Waals surface area contributed by atoms with Gasteiger partial charge in [-0.15, -0.1) is 16.4 Å². The maximum atomic E-state index is 12.0. The second-order valence-corrected chi connectivity index (χ2v) is 4.63. The monoisotopic (exact) mass is 265 g/mol. The van der Waals surface area contributed by atoms with Crippen LogP contribution in [0.1, 0.15) is 31.5 Å². The molecule has 0 aliphatic heterocycles. The van der Waals surface area contributed by atoms with Crippen molar-refractivity contribution in [2.75, 3.05) is 6.61 Å². The second-order valence-electron chi connectivity index (χ2n) is 3.68. The van der Waals surface area contributed by atoms with Gasteiger partial charge < -0.3 is 4.74 Å². The first kappa shape index (κ1) is 12.8. The van der Waals surface area contributed by atoms with Crippen molar-refractivity contribution in [3.63, 3.8) is 0 Å². The van der Waals surface area contributed by atoms with E-state index in [4.69, 9.17) is 4.74 Å². The van der Waals surface area contributed by atoms with Gasteiger partial charge in [-0.2, -0.15) is 9.67 Å². The molecule has 0 bridgehead atoms. The van der Waals surface area contributed by atoms with E-state index in [-0.39, 0.29) is 11.9 Å². The molecule has 0 aliphatic carbocycles. The van der Waals surface area contributed by atoms with Gasteiger partial charge in [0.15, 0.2) is 5.82 Å². The summed E-state index contributed by atoms with van der Waals surface area (Å²) in [5.41, 5.74) is 0. The standard InChI is InChI=1S/C12H15N3O2S/c1-3-6-10(16)15-11(9-7-5-8-18-9)13-12(14-15)17-4-2/h5,7-8H,3-4,6H2,1-2H3. The second kappa shape index (κ2) is 5.77. The third kappa shape index (κ3) is 2.59. The summed E-state index contributed by atoms with van der Waals surface area (Å²) < 4.78 is 6.61. The van der Waals surface area contributed by atoms with Crippen LogP contribution < -0.4 is 4.74 Å². The van der Waals surface area contributed by atoms with Gasteiger partial charge in [-0.1, -0.05) is 13.0 Å². The topological polar surface area (TPSA) is 57.0 Å². The number of carbonyl (C=O) groups excluding carboxylic acids is 1. The number of ether oxygens (including phenoxy) is 1. The highest BCUT2D eigenvalue weighted by Gasteiger charge is 2.18. The molecule has 2 rings (SSSR count). The van der Waals surface area contributed by atoms with E-state index in [1.807, 2.05) is 31.4 Å². The normalized spacial score (nSPS) is 10.6. The average molecular weight is 265 g/mol. The molecule has 5 nitrogen and oxygen atoms in total. The van der Waals surface area contributed by atoms with E-state index in [0.29, 0.717) is 18.9 Å². The Bertz CT molecular complexity index is 519.